The van der Waals surface area contributed by atoms with Gasteiger partial charge in [-0.05, 0) is 0 Å². The number of Topliss-reactive ketones (excluding diaryl/α,β-unsaturated/α-hetero) is 1. The number of phenolic OH excluding ortho intramolecular Hbond substituents is 1. The average molecular weight is 520 g/mol. The Morgan fingerprint density at radius 3 is 2.53 bits per heavy atom. The van der Waals surface area contributed by atoms with E-state index in [1.165, 1.54) is 0 Å². The third kappa shape index (κ3) is 3.43. The second-order valence-electron chi connectivity index (χ2n) is 10.7. The first-order valence-electron chi connectivity index (χ1n) is 12.3. The quantitative estimate of drug-likeness (QED) is 0.369. The van der Waals surface area contributed by atoms with E-state index in [0.717, 1.165) is 0 Å². The number of carbonyl (C=O) groups excluding carboxylic acids is 2. The standard InChI is InChI=1S/C26H29BN4O7/c1-9(2)24-29-25(38-30-24)13-8-14(31(3)4)12-6-10-5-11-7-15(32)18(23(28)36)21(27)26(11,37)22(35)16(10)20(34)17(12)19(13)33/h8-11,27,32-33,35,37H,5-7H2,1-4H3,(H2,28,36)/t10-,11+,26-/m1/s1. The van der Waals surface area contributed by atoms with E-state index in [9.17, 15) is 30.0 Å². The van der Waals surface area contributed by atoms with Gasteiger partial charge in [-0.25, -0.2) is 0 Å². The van der Waals surface area contributed by atoms with Crippen molar-refractivity contribution in [2.45, 2.75) is 44.6 Å². The molecule has 0 unspecified atom stereocenters. The molecule has 0 aliphatic heterocycles. The van der Waals surface area contributed by atoms with Crippen molar-refractivity contribution in [2.75, 3.05) is 19.0 Å². The van der Waals surface area contributed by atoms with Gasteiger partial charge in [0.1, 0.15) is 0 Å². The molecule has 6 N–H and O–H groups in total. The number of aliphatic hydroxyl groups excluding tert-OH is 2. The van der Waals surface area contributed by atoms with E-state index in [1.807, 2.05) is 13.8 Å². The minimum atomic E-state index is -2.17. The number of ketones is 1. The number of aliphatic hydroxyl groups is 3. The van der Waals surface area contributed by atoms with Crippen LogP contribution in [0, 0.1) is 11.8 Å². The first-order chi connectivity index (χ1) is 17.8. The number of amides is 1. The number of rotatable bonds is 4. The number of fused-ring (bicyclic) bond motifs is 3. The number of primary amides is 1. The molecule has 0 fully saturated rings. The molecule has 0 bridgehead atoms. The van der Waals surface area contributed by atoms with Crippen molar-refractivity contribution in [3.05, 3.63) is 45.7 Å². The summed E-state index contributed by atoms with van der Waals surface area (Å²) in [5.74, 6) is -3.82. The van der Waals surface area contributed by atoms with Gasteiger partial charge in [0.2, 0.25) is 0 Å². The average Bonchev–Trinajstić information content (AvgIpc) is 3.31. The summed E-state index contributed by atoms with van der Waals surface area (Å²) in [5, 5.41) is 48.8. The number of hydrogen-bond donors (Lipinski definition) is 5. The first-order valence-corrected chi connectivity index (χ1v) is 12.3. The second kappa shape index (κ2) is 8.55. The number of aromatic hydroxyl groups is 1. The predicted octanol–water partition coefficient (Wildman–Crippen LogP) is 1.32. The predicted molar refractivity (Wildman–Crippen MR) is 140 cm³/mol. The molecule has 0 radical (unpaired) electrons. The summed E-state index contributed by atoms with van der Waals surface area (Å²) < 4.78 is 5.39. The zero-order valence-electron chi connectivity index (χ0n) is 21.6. The number of hydrogen-bond acceptors (Lipinski definition) is 10. The van der Waals surface area contributed by atoms with Crippen LogP contribution in [0.15, 0.2) is 33.3 Å². The first kappa shape index (κ1) is 25.7. The van der Waals surface area contributed by atoms with Crippen LogP contribution >= 0.6 is 0 Å². The number of anilines is 1. The Balaban J connectivity index is 1.71. The SMILES string of the molecule is B=C1C(C(N)=O)=C(O)C[C@@H]2C[C@@H]3Cc4c(N(C)C)cc(-c5nc(C(C)C)no5)c(O)c4C(=O)C3=C(O)[C@]12O. The maximum atomic E-state index is 14.0. The second-order valence-corrected chi connectivity index (χ2v) is 10.7. The van der Waals surface area contributed by atoms with Crippen molar-refractivity contribution >= 4 is 30.3 Å². The molecule has 12 heteroatoms. The van der Waals surface area contributed by atoms with E-state index in [4.69, 9.17) is 10.3 Å². The third-order valence-electron chi connectivity index (χ3n) is 7.90. The summed E-state index contributed by atoms with van der Waals surface area (Å²) in [6.07, 6.45) is 0.366. The maximum absolute atomic E-state index is 14.0. The number of nitrogens with zero attached hydrogens (tertiary/aromatic N) is 3. The molecule has 0 saturated heterocycles. The van der Waals surface area contributed by atoms with Crippen molar-refractivity contribution in [1.29, 1.82) is 0 Å². The van der Waals surface area contributed by atoms with Crippen LogP contribution in [-0.4, -0.2) is 74.9 Å². The van der Waals surface area contributed by atoms with Crippen LogP contribution in [0.25, 0.3) is 11.5 Å². The van der Waals surface area contributed by atoms with E-state index < -0.39 is 34.9 Å². The number of phenols is 1. The molecule has 11 nitrogen and oxygen atoms in total. The Kier molecular flexibility index (Phi) is 5.79. The topological polar surface area (TPSA) is 183 Å². The molecule has 2 aromatic rings. The molecule has 0 spiro atoms. The third-order valence-corrected chi connectivity index (χ3v) is 7.90. The van der Waals surface area contributed by atoms with Gasteiger partial charge in [0, 0.05) is 0 Å². The van der Waals surface area contributed by atoms with Gasteiger partial charge >= 0.3 is 205 Å². The van der Waals surface area contributed by atoms with E-state index in [-0.39, 0.29) is 70.3 Å². The Labute approximate surface area is 219 Å². The summed E-state index contributed by atoms with van der Waals surface area (Å²) in [6.45, 7) is 3.79. The van der Waals surface area contributed by atoms with E-state index in [1.54, 1.807) is 25.1 Å². The fourth-order valence-electron chi connectivity index (χ4n) is 5.98. The van der Waals surface area contributed by atoms with E-state index >= 15 is 0 Å². The number of nitrogens with two attached hydrogens (primary N) is 1. The monoisotopic (exact) mass is 520 g/mol. The van der Waals surface area contributed by atoms with Crippen LogP contribution in [0.4, 0.5) is 5.69 Å². The van der Waals surface area contributed by atoms with E-state index in [0.29, 0.717) is 17.1 Å². The number of allylic oxidation sites excluding steroid dienone is 2. The number of carbonyl (C=O) groups is 2. The molecule has 1 heterocycles. The van der Waals surface area contributed by atoms with Gasteiger partial charge in [-0.15, -0.1) is 0 Å². The molecule has 3 aliphatic rings. The Hall–Kier alpha value is -3.93. The van der Waals surface area contributed by atoms with Gasteiger partial charge in [0.05, 0.1) is 0 Å². The molecule has 1 aromatic heterocycles. The summed E-state index contributed by atoms with van der Waals surface area (Å²) in [7, 11) is 7.35. The van der Waals surface area contributed by atoms with Gasteiger partial charge in [0.15, 0.2) is 0 Å². The minimum absolute atomic E-state index is 0.0246. The molecule has 1 amide bonds. The van der Waals surface area contributed by atoms with Crippen molar-refractivity contribution < 1.29 is 34.5 Å². The fraction of sp³-hybridized carbons (Fsp3) is 0.423. The van der Waals surface area contributed by atoms with Crippen molar-refractivity contribution in [3.63, 3.8) is 0 Å². The molecule has 198 valence electrons. The van der Waals surface area contributed by atoms with Gasteiger partial charge in [0.25, 0.3) is 0 Å². The molecular weight excluding hydrogens is 491 g/mol. The molecular formula is C26H29BN4O7. The van der Waals surface area contributed by atoms with Crippen LogP contribution in [-0.2, 0) is 11.2 Å². The number of aromatic nitrogens is 2. The Bertz CT molecular complexity index is 1490. The van der Waals surface area contributed by atoms with Gasteiger partial charge in [-0.2, -0.15) is 0 Å². The summed E-state index contributed by atoms with van der Waals surface area (Å²) in [4.78, 5) is 32.2. The van der Waals surface area contributed by atoms with Crippen molar-refractivity contribution in [2.24, 2.45) is 17.6 Å². The van der Waals surface area contributed by atoms with Crippen LogP contribution in [0.3, 0.4) is 0 Å². The Morgan fingerprint density at radius 1 is 1.26 bits per heavy atom. The zero-order valence-corrected chi connectivity index (χ0v) is 21.6. The Morgan fingerprint density at radius 2 is 1.95 bits per heavy atom. The fourth-order valence-corrected chi connectivity index (χ4v) is 5.98. The van der Waals surface area contributed by atoms with Crippen molar-refractivity contribution in [1.82, 2.24) is 10.1 Å². The molecule has 3 atom stereocenters. The summed E-state index contributed by atoms with van der Waals surface area (Å²) >= 11 is 0. The summed E-state index contributed by atoms with van der Waals surface area (Å²) in [6, 6.07) is 1.68. The molecule has 5 rings (SSSR count). The zero-order chi connectivity index (χ0) is 27.8. The normalized spacial score (nSPS) is 24.9. The molecule has 1 aromatic carbocycles. The summed E-state index contributed by atoms with van der Waals surface area (Å²) in [5.41, 5.74) is 3.87. The molecule has 38 heavy (non-hydrogen) atoms. The molecule has 0 saturated carbocycles. The van der Waals surface area contributed by atoms with Crippen LogP contribution in [0.5, 0.6) is 5.75 Å². The van der Waals surface area contributed by atoms with Gasteiger partial charge < -0.3 is 0 Å². The van der Waals surface area contributed by atoms with Gasteiger partial charge in [-0.3, -0.25) is 0 Å². The van der Waals surface area contributed by atoms with Crippen LogP contribution in [0.2, 0.25) is 0 Å². The van der Waals surface area contributed by atoms with E-state index in [2.05, 4.69) is 17.6 Å². The van der Waals surface area contributed by atoms with Crippen LogP contribution < -0.4 is 10.6 Å². The van der Waals surface area contributed by atoms with Gasteiger partial charge in [-0.1, -0.05) is 13.8 Å². The van der Waals surface area contributed by atoms with Crippen LogP contribution in [0.1, 0.15) is 54.4 Å². The number of benzene rings is 1. The molecule has 3 aliphatic carbocycles. The van der Waals surface area contributed by atoms with Crippen molar-refractivity contribution in [3.8, 4) is 17.2 Å².